The van der Waals surface area contributed by atoms with Gasteiger partial charge < -0.3 is 9.47 Å². The van der Waals surface area contributed by atoms with E-state index in [9.17, 15) is 4.79 Å². The Hall–Kier alpha value is -3.64. The van der Waals surface area contributed by atoms with Gasteiger partial charge in [0.15, 0.2) is 11.5 Å². The van der Waals surface area contributed by atoms with Gasteiger partial charge in [-0.2, -0.15) is 5.10 Å². The van der Waals surface area contributed by atoms with Crippen molar-refractivity contribution in [2.75, 3.05) is 20.8 Å². The molecule has 6 nitrogen and oxygen atoms in total. The standard InChI is InChI=1S/C28H29N3O3/c1-18-9-10-19(2)24(13-18)27-22-7-5-6-8-23(22)28(32)31(29-27)17-30-12-11-20-14-25(33-3)26(34-4)15-21(20)16-30/h5-10,13-15H,11-12,16-17H2,1-4H3. The van der Waals surface area contributed by atoms with Crippen LogP contribution in [0.15, 0.2) is 59.4 Å². The van der Waals surface area contributed by atoms with Gasteiger partial charge in [-0.15, -0.1) is 0 Å². The van der Waals surface area contributed by atoms with Crippen LogP contribution >= 0.6 is 0 Å². The fraction of sp³-hybridized carbons (Fsp3) is 0.286. The Morgan fingerprint density at radius 2 is 1.62 bits per heavy atom. The average molecular weight is 456 g/mol. The molecule has 174 valence electrons. The molecule has 2 heterocycles. The van der Waals surface area contributed by atoms with Gasteiger partial charge in [-0.1, -0.05) is 35.9 Å². The molecule has 34 heavy (non-hydrogen) atoms. The van der Waals surface area contributed by atoms with Crippen LogP contribution in [0.1, 0.15) is 22.3 Å². The van der Waals surface area contributed by atoms with Crippen LogP contribution in [0.4, 0.5) is 0 Å². The minimum absolute atomic E-state index is 0.0669. The van der Waals surface area contributed by atoms with E-state index in [0.717, 1.165) is 53.2 Å². The van der Waals surface area contributed by atoms with Gasteiger partial charge in [-0.3, -0.25) is 9.69 Å². The molecule has 5 rings (SSSR count). The second kappa shape index (κ2) is 8.95. The maximum absolute atomic E-state index is 13.4. The van der Waals surface area contributed by atoms with Gasteiger partial charge in [-0.25, -0.2) is 4.68 Å². The summed E-state index contributed by atoms with van der Waals surface area (Å²) in [5.74, 6) is 1.47. The van der Waals surface area contributed by atoms with Crippen LogP contribution in [0.2, 0.25) is 0 Å². The molecule has 0 bridgehead atoms. The SMILES string of the molecule is COc1cc2c(cc1OC)CN(Cn1nc(-c3cc(C)ccc3C)c3ccccc3c1=O)CC2. The minimum atomic E-state index is -0.0669. The summed E-state index contributed by atoms with van der Waals surface area (Å²) in [7, 11) is 3.31. The van der Waals surface area contributed by atoms with E-state index in [-0.39, 0.29) is 5.56 Å². The maximum Gasteiger partial charge on any atom is 0.275 e. The molecule has 0 unspecified atom stereocenters. The van der Waals surface area contributed by atoms with E-state index in [0.29, 0.717) is 12.1 Å². The molecule has 0 spiro atoms. The smallest absolute Gasteiger partial charge is 0.275 e. The second-order valence-corrected chi connectivity index (χ2v) is 8.94. The number of aryl methyl sites for hydroxylation is 2. The molecule has 3 aromatic carbocycles. The summed E-state index contributed by atoms with van der Waals surface area (Å²) in [6, 6.07) is 18.2. The Bertz CT molecular complexity index is 1440. The molecular formula is C28H29N3O3. The van der Waals surface area contributed by atoms with Crippen LogP contribution in [0.5, 0.6) is 11.5 Å². The van der Waals surface area contributed by atoms with Crippen molar-refractivity contribution in [2.24, 2.45) is 0 Å². The summed E-state index contributed by atoms with van der Waals surface area (Å²) in [4.78, 5) is 15.7. The van der Waals surface area contributed by atoms with Crippen LogP contribution in [0.3, 0.4) is 0 Å². The number of ether oxygens (including phenoxy) is 2. The summed E-state index contributed by atoms with van der Waals surface area (Å²) < 4.78 is 12.6. The molecule has 0 radical (unpaired) electrons. The van der Waals surface area contributed by atoms with Gasteiger partial charge in [0.1, 0.15) is 0 Å². The minimum Gasteiger partial charge on any atom is -0.493 e. The molecule has 0 saturated carbocycles. The highest BCUT2D eigenvalue weighted by atomic mass is 16.5. The predicted molar refractivity (Wildman–Crippen MR) is 135 cm³/mol. The largest absolute Gasteiger partial charge is 0.493 e. The number of hydrogen-bond acceptors (Lipinski definition) is 5. The first-order valence-electron chi connectivity index (χ1n) is 11.5. The molecule has 6 heteroatoms. The summed E-state index contributed by atoms with van der Waals surface area (Å²) >= 11 is 0. The Kier molecular flexibility index (Phi) is 5.84. The lowest BCUT2D eigenvalue weighted by Gasteiger charge is -2.29. The van der Waals surface area contributed by atoms with Gasteiger partial charge in [0, 0.05) is 24.0 Å². The number of methoxy groups -OCH3 is 2. The summed E-state index contributed by atoms with van der Waals surface area (Å²) in [5.41, 5.74) is 6.59. The van der Waals surface area contributed by atoms with Gasteiger partial charge in [-0.05, 0) is 61.2 Å². The first-order valence-corrected chi connectivity index (χ1v) is 11.5. The number of aromatic nitrogens is 2. The molecule has 0 saturated heterocycles. The van der Waals surface area contributed by atoms with E-state index in [2.05, 4.69) is 43.0 Å². The van der Waals surface area contributed by atoms with E-state index in [1.807, 2.05) is 30.3 Å². The fourth-order valence-corrected chi connectivity index (χ4v) is 4.77. The maximum atomic E-state index is 13.4. The summed E-state index contributed by atoms with van der Waals surface area (Å²) in [6.45, 7) is 6.15. The average Bonchev–Trinajstić information content (AvgIpc) is 2.86. The molecular weight excluding hydrogens is 426 g/mol. The number of fused-ring (bicyclic) bond motifs is 2. The van der Waals surface area contributed by atoms with Gasteiger partial charge in [0.2, 0.25) is 0 Å². The highest BCUT2D eigenvalue weighted by Crippen LogP contribution is 2.33. The third-order valence-electron chi connectivity index (χ3n) is 6.65. The molecule has 1 aliphatic heterocycles. The molecule has 0 aliphatic carbocycles. The molecule has 1 aromatic heterocycles. The third kappa shape index (κ3) is 3.94. The zero-order valence-corrected chi connectivity index (χ0v) is 20.1. The topological polar surface area (TPSA) is 56.6 Å². The van der Waals surface area contributed by atoms with Crippen LogP contribution < -0.4 is 15.0 Å². The first kappa shape index (κ1) is 22.2. The van der Waals surface area contributed by atoms with Crippen molar-refractivity contribution in [3.63, 3.8) is 0 Å². The van der Waals surface area contributed by atoms with Crippen molar-refractivity contribution >= 4 is 10.8 Å². The zero-order valence-electron chi connectivity index (χ0n) is 20.1. The molecule has 0 fully saturated rings. The van der Waals surface area contributed by atoms with Crippen molar-refractivity contribution < 1.29 is 9.47 Å². The second-order valence-electron chi connectivity index (χ2n) is 8.94. The van der Waals surface area contributed by atoms with Crippen molar-refractivity contribution in [3.8, 4) is 22.8 Å². The van der Waals surface area contributed by atoms with Crippen LogP contribution in [0.25, 0.3) is 22.0 Å². The zero-order chi connectivity index (χ0) is 23.8. The van der Waals surface area contributed by atoms with E-state index >= 15 is 0 Å². The summed E-state index contributed by atoms with van der Waals surface area (Å²) in [5, 5.41) is 6.48. The Balaban J connectivity index is 1.55. The van der Waals surface area contributed by atoms with Crippen molar-refractivity contribution in [1.29, 1.82) is 0 Å². The van der Waals surface area contributed by atoms with Crippen LogP contribution in [-0.2, 0) is 19.6 Å². The van der Waals surface area contributed by atoms with E-state index < -0.39 is 0 Å². The van der Waals surface area contributed by atoms with Crippen molar-refractivity contribution in [2.45, 2.75) is 33.5 Å². The quantitative estimate of drug-likeness (QED) is 0.436. The number of hydrogen-bond donors (Lipinski definition) is 0. The lowest BCUT2D eigenvalue weighted by molar-refractivity contribution is 0.185. The van der Waals surface area contributed by atoms with Crippen LogP contribution in [0, 0.1) is 13.8 Å². The molecule has 0 N–H and O–H groups in total. The van der Waals surface area contributed by atoms with E-state index in [4.69, 9.17) is 14.6 Å². The highest BCUT2D eigenvalue weighted by molar-refractivity contribution is 5.94. The molecule has 0 atom stereocenters. The number of benzene rings is 3. The van der Waals surface area contributed by atoms with Crippen molar-refractivity contribution in [3.05, 3.63) is 87.2 Å². The Labute approximate surface area is 199 Å². The van der Waals surface area contributed by atoms with E-state index in [1.165, 1.54) is 16.7 Å². The highest BCUT2D eigenvalue weighted by Gasteiger charge is 2.21. The van der Waals surface area contributed by atoms with E-state index in [1.54, 1.807) is 18.9 Å². The van der Waals surface area contributed by atoms with Crippen molar-refractivity contribution in [1.82, 2.24) is 14.7 Å². The monoisotopic (exact) mass is 455 g/mol. The lowest BCUT2D eigenvalue weighted by atomic mass is 9.99. The molecule has 0 amide bonds. The number of rotatable bonds is 5. The van der Waals surface area contributed by atoms with Gasteiger partial charge in [0.05, 0.1) is 32.0 Å². The van der Waals surface area contributed by atoms with Gasteiger partial charge in [0.25, 0.3) is 5.56 Å². The predicted octanol–water partition coefficient (Wildman–Crippen LogP) is 4.71. The third-order valence-corrected chi connectivity index (χ3v) is 6.65. The molecule has 4 aromatic rings. The normalized spacial score (nSPS) is 13.6. The van der Waals surface area contributed by atoms with Crippen LogP contribution in [-0.4, -0.2) is 35.4 Å². The summed E-state index contributed by atoms with van der Waals surface area (Å²) in [6.07, 6.45) is 0.877. The number of nitrogens with zero attached hydrogens (tertiary/aromatic N) is 3. The first-order chi connectivity index (χ1) is 16.5. The molecule has 1 aliphatic rings. The van der Waals surface area contributed by atoms with Gasteiger partial charge >= 0.3 is 0 Å². The lowest BCUT2D eigenvalue weighted by Crippen LogP contribution is -2.37. The fourth-order valence-electron chi connectivity index (χ4n) is 4.77. The Morgan fingerprint density at radius 3 is 2.35 bits per heavy atom. The Morgan fingerprint density at radius 1 is 0.912 bits per heavy atom.